The van der Waals surface area contributed by atoms with E-state index in [0.29, 0.717) is 44.2 Å². The van der Waals surface area contributed by atoms with Crippen LogP contribution in [0.5, 0.6) is 5.75 Å². The van der Waals surface area contributed by atoms with Crippen molar-refractivity contribution in [1.29, 1.82) is 0 Å². The molecule has 0 saturated heterocycles. The second-order valence-electron chi connectivity index (χ2n) is 16.9. The van der Waals surface area contributed by atoms with Crippen LogP contribution >= 0.6 is 0 Å². The minimum absolute atomic E-state index is 0.130. The fraction of sp³-hybridized carbons (Fsp3) is 0.452. The summed E-state index contributed by atoms with van der Waals surface area (Å²) in [6.45, 7) is 18.8. The molecule has 5 aromatic rings. The average molecular weight is 801 g/mol. The van der Waals surface area contributed by atoms with Crippen molar-refractivity contribution in [2.45, 2.75) is 97.9 Å². The third kappa shape index (κ3) is 10.1. The van der Waals surface area contributed by atoms with Gasteiger partial charge in [0.25, 0.3) is 0 Å². The molecule has 1 aliphatic rings. The normalized spacial score (nSPS) is 13.1. The Kier molecular flexibility index (Phi) is 13.2. The van der Waals surface area contributed by atoms with Crippen molar-refractivity contribution >= 4 is 33.1 Å². The van der Waals surface area contributed by atoms with Gasteiger partial charge in [0.05, 0.1) is 36.6 Å². The fourth-order valence-corrected chi connectivity index (χ4v) is 8.18. The highest BCUT2D eigenvalue weighted by molar-refractivity contribution is 6.76. The summed E-state index contributed by atoms with van der Waals surface area (Å²) in [5, 5.41) is 18.0. The molecule has 3 aromatic carbocycles. The molecular weight excluding hydrogens is 744 g/mol. The van der Waals surface area contributed by atoms with E-state index in [-0.39, 0.29) is 45.0 Å². The van der Waals surface area contributed by atoms with Crippen molar-refractivity contribution in [3.8, 4) is 28.4 Å². The number of hydrogen-bond donors (Lipinski definition) is 2. The minimum Gasteiger partial charge on any atom is -0.486 e. The number of ether oxygens (including phenoxy) is 3. The Bertz CT molecular complexity index is 2130. The van der Waals surface area contributed by atoms with Crippen LogP contribution in [-0.4, -0.2) is 77.9 Å². The summed E-state index contributed by atoms with van der Waals surface area (Å²) in [4.78, 5) is 19.7. The maximum atomic E-state index is 15.7. The van der Waals surface area contributed by atoms with Gasteiger partial charge < -0.3 is 34.1 Å². The van der Waals surface area contributed by atoms with Crippen LogP contribution in [-0.2, 0) is 49.1 Å². The first kappa shape index (κ1) is 41.3. The summed E-state index contributed by atoms with van der Waals surface area (Å²) in [6, 6.07) is 21.0. The van der Waals surface area contributed by atoms with Crippen molar-refractivity contribution in [2.24, 2.45) is 0 Å². The number of carbonyl (C=O) groups is 1. The number of aryl methyl sites for hydroxylation is 1. The molecule has 0 spiro atoms. The van der Waals surface area contributed by atoms with Gasteiger partial charge in [0, 0.05) is 41.3 Å². The average Bonchev–Trinajstić information content (AvgIpc) is 3.84. The second-order valence-corrected chi connectivity index (χ2v) is 28.2. The molecule has 14 heteroatoms. The number of halogens is 1. The van der Waals surface area contributed by atoms with E-state index in [1.807, 2.05) is 57.8 Å². The molecule has 1 aliphatic heterocycles. The van der Waals surface area contributed by atoms with Crippen molar-refractivity contribution in [2.75, 3.05) is 26.4 Å². The molecule has 0 bridgehead atoms. The zero-order chi connectivity index (χ0) is 40.0. The number of carbonyl (C=O) groups excluding carboxylic acids is 1. The van der Waals surface area contributed by atoms with Gasteiger partial charge in [-0.3, -0.25) is 0 Å². The number of urea groups is 1. The molecule has 3 heterocycles. The van der Waals surface area contributed by atoms with E-state index < -0.39 is 22.0 Å². The Labute approximate surface area is 331 Å². The number of aliphatic hydroxyl groups is 1. The van der Waals surface area contributed by atoms with E-state index in [4.69, 9.17) is 24.3 Å². The monoisotopic (exact) mass is 800 g/mol. The van der Waals surface area contributed by atoms with Crippen LogP contribution in [0.4, 0.5) is 9.18 Å². The summed E-state index contributed by atoms with van der Waals surface area (Å²) < 4.78 is 38.1. The Balaban J connectivity index is 1.38. The fourth-order valence-electron chi connectivity index (χ4n) is 6.67. The lowest BCUT2D eigenvalue weighted by Crippen LogP contribution is -2.38. The van der Waals surface area contributed by atoms with E-state index in [1.165, 1.54) is 0 Å². The number of hydrogen-bond acceptors (Lipinski definition) is 7. The molecule has 0 aliphatic carbocycles. The first-order valence-corrected chi connectivity index (χ1v) is 27.0. The Hall–Kier alpha value is -4.35. The first-order chi connectivity index (χ1) is 26.7. The van der Waals surface area contributed by atoms with Crippen LogP contribution in [0, 0.1) is 5.82 Å². The van der Waals surface area contributed by atoms with Gasteiger partial charge in [-0.05, 0) is 65.0 Å². The largest absolute Gasteiger partial charge is 0.486 e. The van der Waals surface area contributed by atoms with Crippen molar-refractivity contribution in [1.82, 2.24) is 29.5 Å². The van der Waals surface area contributed by atoms with Crippen molar-refractivity contribution < 1.29 is 28.5 Å². The standard InChI is InChI=1S/C42H57FN6O5Si2/c1-8-31-23-39(54-27-30-12-10-9-11-13-30)35(43)24-34(31)32-14-15-33-37(22-32)49(29-53-19-21-56(5,6)7)46-40(33)41-45-36-25-47(42(51)44-16-17-50)26-38(36)48(41)28-52-18-20-55(2,3)4/h9-15,22-24,50H,8,16-21,25-29H2,1-7H3,(H,44,51). The zero-order valence-corrected chi connectivity index (χ0v) is 36.0. The molecule has 0 saturated carbocycles. The van der Waals surface area contributed by atoms with Gasteiger partial charge in [0.2, 0.25) is 0 Å². The van der Waals surface area contributed by atoms with Gasteiger partial charge in [-0.15, -0.1) is 0 Å². The number of benzene rings is 3. The third-order valence-corrected chi connectivity index (χ3v) is 13.4. The van der Waals surface area contributed by atoms with Crippen molar-refractivity contribution in [3.63, 3.8) is 0 Å². The highest BCUT2D eigenvalue weighted by Gasteiger charge is 2.32. The Morgan fingerprint density at radius 2 is 1.64 bits per heavy atom. The maximum absolute atomic E-state index is 15.7. The minimum atomic E-state index is -1.33. The number of imidazole rings is 1. The summed E-state index contributed by atoms with van der Waals surface area (Å²) in [5.41, 5.74) is 6.82. The smallest absolute Gasteiger partial charge is 0.318 e. The lowest BCUT2D eigenvalue weighted by Gasteiger charge is -2.19. The van der Waals surface area contributed by atoms with Gasteiger partial charge >= 0.3 is 6.03 Å². The highest BCUT2D eigenvalue weighted by Crippen LogP contribution is 2.37. The molecule has 0 fully saturated rings. The SMILES string of the molecule is CCc1cc(OCc2ccccc2)c(F)cc1-c1ccc2c(-c3nc4c(n3COCC[Si](C)(C)C)CN(C(=O)NCCO)C4)nn(COCC[Si](C)(C)C)c2c1. The highest BCUT2D eigenvalue weighted by atomic mass is 28.3. The Morgan fingerprint density at radius 3 is 2.32 bits per heavy atom. The van der Waals surface area contributed by atoms with Gasteiger partial charge in [-0.1, -0.05) is 82.6 Å². The van der Waals surface area contributed by atoms with E-state index in [1.54, 1.807) is 11.0 Å². The van der Waals surface area contributed by atoms with Crippen LogP contribution in [0.25, 0.3) is 33.5 Å². The summed E-state index contributed by atoms with van der Waals surface area (Å²) in [7, 11) is -2.66. The second kappa shape index (κ2) is 17.8. The maximum Gasteiger partial charge on any atom is 0.318 e. The predicted molar refractivity (Wildman–Crippen MR) is 224 cm³/mol. The topological polar surface area (TPSA) is 116 Å². The number of nitrogens with zero attached hydrogens (tertiary/aromatic N) is 5. The molecule has 11 nitrogen and oxygen atoms in total. The predicted octanol–water partition coefficient (Wildman–Crippen LogP) is 8.49. The molecule has 2 aromatic heterocycles. The molecule has 0 radical (unpaired) electrons. The van der Waals surface area contributed by atoms with Gasteiger partial charge in [-0.25, -0.2) is 18.9 Å². The first-order valence-electron chi connectivity index (χ1n) is 19.6. The summed E-state index contributed by atoms with van der Waals surface area (Å²) >= 11 is 0. The number of aliphatic hydroxyl groups excluding tert-OH is 1. The van der Waals surface area contributed by atoms with Crippen LogP contribution in [0.2, 0.25) is 51.4 Å². The van der Waals surface area contributed by atoms with E-state index in [2.05, 4.69) is 57.6 Å². The number of aromatic nitrogens is 4. The summed E-state index contributed by atoms with van der Waals surface area (Å²) in [6.07, 6.45) is 0.690. The molecule has 6 rings (SSSR count). The molecule has 300 valence electrons. The van der Waals surface area contributed by atoms with E-state index in [0.717, 1.165) is 56.6 Å². The van der Waals surface area contributed by atoms with Gasteiger partial charge in [-0.2, -0.15) is 5.10 Å². The van der Waals surface area contributed by atoms with E-state index >= 15 is 4.39 Å². The van der Waals surface area contributed by atoms with Crippen LogP contribution in [0.15, 0.2) is 60.7 Å². The summed E-state index contributed by atoms with van der Waals surface area (Å²) in [5.74, 6) is 0.481. The zero-order valence-electron chi connectivity index (χ0n) is 34.0. The molecule has 2 amide bonds. The van der Waals surface area contributed by atoms with Gasteiger partial charge in [0.1, 0.15) is 25.8 Å². The number of nitrogens with one attached hydrogen (secondary N) is 1. The van der Waals surface area contributed by atoms with E-state index in [9.17, 15) is 9.90 Å². The van der Waals surface area contributed by atoms with Crippen LogP contribution in [0.1, 0.15) is 29.4 Å². The molecule has 56 heavy (non-hydrogen) atoms. The molecule has 0 atom stereocenters. The number of fused-ring (bicyclic) bond motifs is 2. The third-order valence-electron chi connectivity index (χ3n) is 9.99. The van der Waals surface area contributed by atoms with Crippen LogP contribution in [0.3, 0.4) is 0 Å². The molecular formula is C42H57FN6O5Si2. The lowest BCUT2D eigenvalue weighted by atomic mass is 9.96. The molecule has 2 N–H and O–H groups in total. The van der Waals surface area contributed by atoms with Gasteiger partial charge in [0.15, 0.2) is 17.4 Å². The number of amides is 2. The number of rotatable bonds is 18. The van der Waals surface area contributed by atoms with Crippen molar-refractivity contribution in [3.05, 3.63) is 89.0 Å². The van der Waals surface area contributed by atoms with Crippen LogP contribution < -0.4 is 10.1 Å². The Morgan fingerprint density at radius 1 is 0.929 bits per heavy atom. The lowest BCUT2D eigenvalue weighted by molar-refractivity contribution is 0.0814. The molecule has 0 unspecified atom stereocenters. The quantitative estimate of drug-likeness (QED) is 0.0675.